The summed E-state index contributed by atoms with van der Waals surface area (Å²) in [7, 11) is -2.70. The molecule has 6 nitrogen and oxygen atoms in total. The normalized spacial score (nSPS) is 33.3. The Balaban J connectivity index is 1.43. The van der Waals surface area contributed by atoms with Gasteiger partial charge in [-0.3, -0.25) is 4.79 Å². The minimum atomic E-state index is -2.70. The summed E-state index contributed by atoms with van der Waals surface area (Å²) in [4.78, 5) is 11.7. The summed E-state index contributed by atoms with van der Waals surface area (Å²) >= 11 is 0. The van der Waals surface area contributed by atoms with Crippen LogP contribution in [0.2, 0.25) is 5.04 Å². The third-order valence-corrected chi connectivity index (χ3v) is 16.3. The zero-order chi connectivity index (χ0) is 34.1. The number of hydrogen-bond donors (Lipinski definition) is 0. The largest absolute Gasteiger partial charge is 0.463 e. The standard InChI is InChI=1S/C40H58O6Si/c1-10-33(27-43-47(37(7,8)9,34-19-14-12-15-20-34)35-21-16-13-17-22-35)36-29(3)25-30(4)39(44-36)23-18-24-40(46-39)31(5)26-38(11-2,45-40)28-42-32(6)41/h12-23,29-31,33,36H,10-11,24-28H2,1-9H3/t29-,30+,31+,33-,36-,38+,39+,40+/m0/s1. The number of rotatable bonds is 10. The van der Waals surface area contributed by atoms with Gasteiger partial charge in [-0.05, 0) is 53.1 Å². The van der Waals surface area contributed by atoms with Gasteiger partial charge in [0.15, 0.2) is 11.6 Å². The first-order chi connectivity index (χ1) is 22.3. The number of benzene rings is 2. The highest BCUT2D eigenvalue weighted by molar-refractivity contribution is 6.99. The van der Waals surface area contributed by atoms with Gasteiger partial charge in [-0.2, -0.15) is 0 Å². The molecule has 0 radical (unpaired) electrons. The van der Waals surface area contributed by atoms with Crippen molar-refractivity contribution in [2.75, 3.05) is 13.2 Å². The predicted octanol–water partition coefficient (Wildman–Crippen LogP) is 7.79. The molecule has 0 unspecified atom stereocenters. The van der Waals surface area contributed by atoms with Gasteiger partial charge in [0.1, 0.15) is 12.2 Å². The second kappa shape index (κ2) is 13.9. The van der Waals surface area contributed by atoms with Crippen molar-refractivity contribution in [1.82, 2.24) is 0 Å². The van der Waals surface area contributed by atoms with E-state index >= 15 is 0 Å². The Labute approximate surface area is 284 Å². The maximum atomic E-state index is 11.7. The van der Waals surface area contributed by atoms with Gasteiger partial charge >= 0.3 is 5.97 Å². The zero-order valence-corrected chi connectivity index (χ0v) is 31.2. The Morgan fingerprint density at radius 3 is 2.11 bits per heavy atom. The predicted molar refractivity (Wildman–Crippen MR) is 190 cm³/mol. The van der Waals surface area contributed by atoms with Gasteiger partial charge in [-0.15, -0.1) is 0 Å². The molecule has 7 heteroatoms. The summed E-state index contributed by atoms with van der Waals surface area (Å²) in [6.07, 6.45) is 8.33. The molecule has 0 aliphatic carbocycles. The lowest BCUT2D eigenvalue weighted by molar-refractivity contribution is -0.398. The van der Waals surface area contributed by atoms with E-state index in [0.717, 1.165) is 25.7 Å². The first-order valence-electron chi connectivity index (χ1n) is 17.9. The molecule has 2 spiro atoms. The fourth-order valence-electron chi connectivity index (χ4n) is 8.59. The minimum Gasteiger partial charge on any atom is -0.463 e. The summed E-state index contributed by atoms with van der Waals surface area (Å²) in [6.45, 7) is 20.4. The molecular weight excluding hydrogens is 605 g/mol. The molecule has 3 heterocycles. The molecule has 0 amide bonds. The molecule has 3 aliphatic rings. The van der Waals surface area contributed by atoms with Crippen molar-refractivity contribution in [3.05, 3.63) is 72.8 Å². The van der Waals surface area contributed by atoms with E-state index in [4.69, 9.17) is 23.4 Å². The van der Waals surface area contributed by atoms with Crippen molar-refractivity contribution in [1.29, 1.82) is 0 Å². The van der Waals surface area contributed by atoms with Gasteiger partial charge in [0.25, 0.3) is 8.32 Å². The van der Waals surface area contributed by atoms with Gasteiger partial charge < -0.3 is 23.4 Å². The summed E-state index contributed by atoms with van der Waals surface area (Å²) < 4.78 is 34.3. The van der Waals surface area contributed by atoms with Crippen LogP contribution in [0.3, 0.4) is 0 Å². The van der Waals surface area contributed by atoms with Gasteiger partial charge in [-0.1, -0.05) is 122 Å². The van der Waals surface area contributed by atoms with Crippen LogP contribution in [0.25, 0.3) is 0 Å². The number of carbonyl (C=O) groups excluding carboxylic acids is 1. The molecule has 2 aromatic carbocycles. The van der Waals surface area contributed by atoms with Crippen molar-refractivity contribution in [2.24, 2.45) is 23.7 Å². The Hall–Kier alpha value is -2.29. The first kappa shape index (κ1) is 36.0. The van der Waals surface area contributed by atoms with Gasteiger partial charge in [0.05, 0.1) is 6.10 Å². The number of hydrogen-bond acceptors (Lipinski definition) is 6. The molecule has 258 valence electrons. The Bertz CT molecular complexity index is 1330. The molecule has 0 bridgehead atoms. The minimum absolute atomic E-state index is 0.0529. The van der Waals surface area contributed by atoms with Crippen LogP contribution >= 0.6 is 0 Å². The van der Waals surface area contributed by atoms with Crippen molar-refractivity contribution in [2.45, 2.75) is 123 Å². The zero-order valence-electron chi connectivity index (χ0n) is 30.2. The Kier molecular flexibility index (Phi) is 10.7. The average molecular weight is 663 g/mol. The SMILES string of the molecule is CC[C@@H](CO[Si](c1ccccc1)(c1ccccc1)C(C)(C)C)[C@H]1O[C@@]2(C=CC[C@@]3(O[C@@](CC)(COC(C)=O)C[C@H]3C)O2)[C@H](C)C[C@@H]1C. The molecule has 5 rings (SSSR count). The van der Waals surface area contributed by atoms with E-state index in [1.807, 2.05) is 0 Å². The lowest BCUT2D eigenvalue weighted by atomic mass is 9.77. The lowest BCUT2D eigenvalue weighted by Gasteiger charge is -2.54. The second-order valence-electron chi connectivity index (χ2n) is 15.6. The highest BCUT2D eigenvalue weighted by atomic mass is 28.4. The third kappa shape index (κ3) is 6.80. The van der Waals surface area contributed by atoms with E-state index in [-0.39, 0.29) is 41.5 Å². The van der Waals surface area contributed by atoms with Crippen LogP contribution < -0.4 is 10.4 Å². The van der Waals surface area contributed by atoms with E-state index in [9.17, 15) is 4.79 Å². The number of ether oxygens (including phenoxy) is 4. The maximum absolute atomic E-state index is 11.7. The molecule has 0 N–H and O–H groups in total. The highest BCUT2D eigenvalue weighted by Gasteiger charge is 2.61. The molecule has 0 saturated carbocycles. The smallest absolute Gasteiger partial charge is 0.302 e. The second-order valence-corrected chi connectivity index (χ2v) is 19.9. The van der Waals surface area contributed by atoms with E-state index in [1.165, 1.54) is 17.3 Å². The fourth-order valence-corrected chi connectivity index (χ4v) is 13.2. The molecule has 2 saturated heterocycles. The van der Waals surface area contributed by atoms with E-state index in [1.54, 1.807) is 0 Å². The van der Waals surface area contributed by atoms with Crippen molar-refractivity contribution in [3.63, 3.8) is 0 Å². The van der Waals surface area contributed by atoms with E-state index in [2.05, 4.69) is 128 Å². The monoisotopic (exact) mass is 662 g/mol. The summed E-state index contributed by atoms with van der Waals surface area (Å²) in [5.41, 5.74) is -0.572. The summed E-state index contributed by atoms with van der Waals surface area (Å²) in [5.74, 6) is -1.28. The van der Waals surface area contributed by atoms with Crippen LogP contribution in [0.1, 0.15) is 94.4 Å². The van der Waals surface area contributed by atoms with E-state index in [0.29, 0.717) is 18.9 Å². The molecule has 2 aromatic rings. The van der Waals surface area contributed by atoms with Crippen LogP contribution in [0.4, 0.5) is 0 Å². The summed E-state index contributed by atoms with van der Waals surface area (Å²) in [5, 5.41) is 2.48. The lowest BCUT2D eigenvalue weighted by Crippen LogP contribution is -2.67. The van der Waals surface area contributed by atoms with Gasteiger partial charge in [0.2, 0.25) is 0 Å². The fraction of sp³-hybridized carbons (Fsp3) is 0.625. The molecule has 3 aliphatic heterocycles. The molecular formula is C40H58O6Si. The van der Waals surface area contributed by atoms with Crippen LogP contribution in [-0.2, 0) is 28.2 Å². The van der Waals surface area contributed by atoms with Crippen molar-refractivity contribution >= 4 is 24.7 Å². The van der Waals surface area contributed by atoms with Gasteiger partial charge in [0, 0.05) is 37.7 Å². The molecule has 47 heavy (non-hydrogen) atoms. The van der Waals surface area contributed by atoms with Crippen LogP contribution in [0.15, 0.2) is 72.8 Å². The maximum Gasteiger partial charge on any atom is 0.302 e. The van der Waals surface area contributed by atoms with Crippen LogP contribution in [-0.4, -0.2) is 50.8 Å². The van der Waals surface area contributed by atoms with Crippen LogP contribution in [0, 0.1) is 23.7 Å². The van der Waals surface area contributed by atoms with Crippen LogP contribution in [0.5, 0.6) is 0 Å². The van der Waals surface area contributed by atoms with Gasteiger partial charge in [-0.25, -0.2) is 0 Å². The average Bonchev–Trinajstić information content (AvgIpc) is 3.31. The van der Waals surface area contributed by atoms with Crippen molar-refractivity contribution in [3.8, 4) is 0 Å². The first-order valence-corrected chi connectivity index (χ1v) is 19.8. The van der Waals surface area contributed by atoms with E-state index < -0.39 is 25.5 Å². The van der Waals surface area contributed by atoms with Crippen molar-refractivity contribution < 1.29 is 28.2 Å². The Morgan fingerprint density at radius 2 is 1.57 bits per heavy atom. The Morgan fingerprint density at radius 1 is 0.957 bits per heavy atom. The topological polar surface area (TPSA) is 63.2 Å². The number of esters is 1. The summed E-state index contributed by atoms with van der Waals surface area (Å²) in [6, 6.07) is 21.7. The molecule has 2 fully saturated rings. The molecule has 8 atom stereocenters. The number of carbonyl (C=O) groups is 1. The third-order valence-electron chi connectivity index (χ3n) is 11.3. The quantitative estimate of drug-likeness (QED) is 0.147. The molecule has 0 aromatic heterocycles. The highest BCUT2D eigenvalue weighted by Crippen LogP contribution is 2.54.